The number of sulfonamides is 1. The molecule has 158 valence electrons. The molecule has 0 bridgehead atoms. The summed E-state index contributed by atoms with van der Waals surface area (Å²) in [6, 6.07) is 13.9. The molecule has 2 aromatic rings. The van der Waals surface area contributed by atoms with Crippen molar-refractivity contribution in [2.75, 3.05) is 20.3 Å². The summed E-state index contributed by atoms with van der Waals surface area (Å²) in [5, 5.41) is 0. The first kappa shape index (κ1) is 23.3. The maximum atomic E-state index is 13.4. The number of esters is 1. The first-order valence-electron chi connectivity index (χ1n) is 8.92. The van der Waals surface area contributed by atoms with Gasteiger partial charge in [0.25, 0.3) is 0 Å². The van der Waals surface area contributed by atoms with Crippen LogP contribution in [-0.2, 0) is 28.4 Å². The minimum Gasteiger partial charge on any atom is -0.465 e. The molecule has 0 radical (unpaired) electrons. The first-order valence-corrected chi connectivity index (χ1v) is 12.0. The summed E-state index contributed by atoms with van der Waals surface area (Å²) in [5.41, 5.74) is 0.258. The number of benzene rings is 2. The Hall–Kier alpha value is -2.03. The number of carbonyl (C=O) groups excluding carboxylic acids is 1. The van der Waals surface area contributed by atoms with Crippen LogP contribution in [0.5, 0.6) is 0 Å². The molecular weight excluding hydrogens is 417 g/mol. The van der Waals surface area contributed by atoms with E-state index in [-0.39, 0.29) is 23.7 Å². The van der Waals surface area contributed by atoms with Crippen LogP contribution in [0.25, 0.3) is 0 Å². The lowest BCUT2D eigenvalue weighted by atomic mass is 10.2. The van der Waals surface area contributed by atoms with Gasteiger partial charge in [-0.05, 0) is 31.5 Å². The Morgan fingerprint density at radius 3 is 2.10 bits per heavy atom. The van der Waals surface area contributed by atoms with Crippen molar-refractivity contribution in [3.8, 4) is 0 Å². The van der Waals surface area contributed by atoms with Crippen molar-refractivity contribution in [2.24, 2.45) is 0 Å². The van der Waals surface area contributed by atoms with Gasteiger partial charge in [-0.2, -0.15) is 4.72 Å². The highest BCUT2D eigenvalue weighted by Crippen LogP contribution is 2.60. The highest BCUT2D eigenvalue weighted by atomic mass is 32.2. The standard InChI is InChI=1S/C19H24NO7PS/c1-4-26-28(22,27-5-2)18(15-11-7-6-8-12-15)20-29(23,24)17-14-10-9-13-16(17)19(21)25-3/h6-14,18,20H,4-5H2,1-3H3. The van der Waals surface area contributed by atoms with E-state index in [0.717, 1.165) is 7.11 Å². The van der Waals surface area contributed by atoms with E-state index in [9.17, 15) is 17.8 Å². The van der Waals surface area contributed by atoms with Gasteiger partial charge in [0.05, 0.1) is 30.8 Å². The van der Waals surface area contributed by atoms with Gasteiger partial charge in [0.1, 0.15) is 5.78 Å². The van der Waals surface area contributed by atoms with E-state index in [1.54, 1.807) is 44.2 Å². The number of hydrogen-bond donors (Lipinski definition) is 1. The Bertz CT molecular complexity index is 969. The van der Waals surface area contributed by atoms with Crippen LogP contribution in [0.15, 0.2) is 59.5 Å². The van der Waals surface area contributed by atoms with Crippen LogP contribution < -0.4 is 4.72 Å². The predicted octanol–water partition coefficient (Wildman–Crippen LogP) is 3.72. The molecule has 0 aliphatic rings. The molecule has 0 saturated heterocycles. The summed E-state index contributed by atoms with van der Waals surface area (Å²) in [4.78, 5) is 11.7. The smallest absolute Gasteiger partial charge is 0.352 e. The topological polar surface area (TPSA) is 108 Å². The van der Waals surface area contributed by atoms with Crippen LogP contribution in [0.1, 0.15) is 35.6 Å². The molecule has 8 nitrogen and oxygen atoms in total. The molecule has 0 aliphatic carbocycles. The molecule has 0 heterocycles. The van der Waals surface area contributed by atoms with Crippen LogP contribution in [0.2, 0.25) is 0 Å². The minimum absolute atomic E-state index is 0.0566. The molecular formula is C19H24NO7PS. The molecule has 1 atom stereocenters. The zero-order chi connectivity index (χ0) is 21.5. The molecule has 0 amide bonds. The Morgan fingerprint density at radius 2 is 1.55 bits per heavy atom. The molecule has 29 heavy (non-hydrogen) atoms. The maximum absolute atomic E-state index is 13.4. The van der Waals surface area contributed by atoms with E-state index in [1.807, 2.05) is 0 Å². The van der Waals surface area contributed by atoms with Crippen molar-refractivity contribution < 1.29 is 31.6 Å². The zero-order valence-electron chi connectivity index (χ0n) is 16.4. The lowest BCUT2D eigenvalue weighted by Crippen LogP contribution is -2.31. The van der Waals surface area contributed by atoms with Crippen molar-refractivity contribution in [1.29, 1.82) is 0 Å². The second kappa shape index (κ2) is 10.1. The summed E-state index contributed by atoms with van der Waals surface area (Å²) < 4.78 is 57.6. The largest absolute Gasteiger partial charge is 0.465 e. The summed E-state index contributed by atoms with van der Waals surface area (Å²) in [7, 11) is -7.06. The molecule has 0 aromatic heterocycles. The molecule has 1 unspecified atom stereocenters. The lowest BCUT2D eigenvalue weighted by Gasteiger charge is -2.27. The summed E-state index contributed by atoms with van der Waals surface area (Å²) in [6.07, 6.45) is 0. The lowest BCUT2D eigenvalue weighted by molar-refractivity contribution is 0.0596. The predicted molar refractivity (Wildman–Crippen MR) is 108 cm³/mol. The normalized spacial score (nSPS) is 13.1. The van der Waals surface area contributed by atoms with Crippen LogP contribution in [0.4, 0.5) is 0 Å². The van der Waals surface area contributed by atoms with Crippen molar-refractivity contribution in [3.05, 3.63) is 65.7 Å². The molecule has 1 N–H and O–H groups in total. The SMILES string of the molecule is CCOP(=O)(OCC)C(NS(=O)(=O)c1ccccc1C(=O)OC)c1ccccc1. The summed E-state index contributed by atoms with van der Waals surface area (Å²) in [6.45, 7) is 3.38. The molecule has 10 heteroatoms. The summed E-state index contributed by atoms with van der Waals surface area (Å²) >= 11 is 0. The highest BCUT2D eigenvalue weighted by Gasteiger charge is 2.40. The van der Waals surface area contributed by atoms with Crippen molar-refractivity contribution >= 4 is 23.6 Å². The van der Waals surface area contributed by atoms with Crippen LogP contribution >= 0.6 is 7.60 Å². The van der Waals surface area contributed by atoms with Crippen molar-refractivity contribution in [1.82, 2.24) is 4.72 Å². The number of carbonyl (C=O) groups is 1. The monoisotopic (exact) mass is 441 g/mol. The third-order valence-electron chi connectivity index (χ3n) is 3.90. The van der Waals surface area contributed by atoms with Gasteiger partial charge in [-0.3, -0.25) is 4.57 Å². The number of nitrogens with one attached hydrogen (secondary N) is 1. The van der Waals surface area contributed by atoms with E-state index >= 15 is 0 Å². The van der Waals surface area contributed by atoms with Gasteiger partial charge in [-0.1, -0.05) is 42.5 Å². The Morgan fingerprint density at radius 1 is 1.00 bits per heavy atom. The van der Waals surface area contributed by atoms with Gasteiger partial charge in [-0.25, -0.2) is 13.2 Å². The average Bonchev–Trinajstić information content (AvgIpc) is 2.72. The molecule has 0 spiro atoms. The molecule has 0 saturated carbocycles. The quantitative estimate of drug-likeness (QED) is 0.442. The second-order valence-corrected chi connectivity index (χ2v) is 9.59. The van der Waals surface area contributed by atoms with E-state index in [1.165, 1.54) is 24.3 Å². The van der Waals surface area contributed by atoms with Crippen LogP contribution in [0, 0.1) is 0 Å². The number of methoxy groups -OCH3 is 1. The van der Waals surface area contributed by atoms with E-state index in [0.29, 0.717) is 5.56 Å². The van der Waals surface area contributed by atoms with Crippen molar-refractivity contribution in [3.63, 3.8) is 0 Å². The van der Waals surface area contributed by atoms with Gasteiger partial charge in [0, 0.05) is 0 Å². The van der Waals surface area contributed by atoms with Gasteiger partial charge >= 0.3 is 13.6 Å². The first-order chi connectivity index (χ1) is 13.8. The van der Waals surface area contributed by atoms with Gasteiger partial charge in [0.15, 0.2) is 0 Å². The van der Waals surface area contributed by atoms with Crippen molar-refractivity contribution in [2.45, 2.75) is 24.5 Å². The number of ether oxygens (including phenoxy) is 1. The number of rotatable bonds is 10. The second-order valence-electron chi connectivity index (χ2n) is 5.80. The summed E-state index contributed by atoms with van der Waals surface area (Å²) in [5.74, 6) is -2.11. The molecule has 2 rings (SSSR count). The third-order valence-corrected chi connectivity index (χ3v) is 7.85. The Labute approximate surface area is 170 Å². The van der Waals surface area contributed by atoms with E-state index in [4.69, 9.17) is 9.05 Å². The van der Waals surface area contributed by atoms with Crippen LogP contribution in [-0.4, -0.2) is 34.7 Å². The third kappa shape index (κ3) is 5.52. The Kier molecular flexibility index (Phi) is 8.13. The fraction of sp³-hybridized carbons (Fsp3) is 0.316. The van der Waals surface area contributed by atoms with Crippen LogP contribution in [0.3, 0.4) is 0 Å². The molecule has 0 aliphatic heterocycles. The van der Waals surface area contributed by atoms with E-state index in [2.05, 4.69) is 9.46 Å². The molecule has 0 fully saturated rings. The maximum Gasteiger partial charge on any atom is 0.352 e. The zero-order valence-corrected chi connectivity index (χ0v) is 18.1. The van der Waals surface area contributed by atoms with Gasteiger partial charge in [0.2, 0.25) is 10.0 Å². The van der Waals surface area contributed by atoms with Gasteiger partial charge < -0.3 is 13.8 Å². The minimum atomic E-state index is -4.30. The highest BCUT2D eigenvalue weighted by molar-refractivity contribution is 7.90. The fourth-order valence-electron chi connectivity index (χ4n) is 2.69. The molecule has 2 aromatic carbocycles. The fourth-order valence-corrected chi connectivity index (χ4v) is 6.50. The van der Waals surface area contributed by atoms with Gasteiger partial charge in [-0.15, -0.1) is 0 Å². The number of hydrogen-bond acceptors (Lipinski definition) is 7. The Balaban J connectivity index is 2.57. The van der Waals surface area contributed by atoms with E-state index < -0.39 is 29.4 Å². The average molecular weight is 441 g/mol.